The summed E-state index contributed by atoms with van der Waals surface area (Å²) < 4.78 is 0. The van der Waals surface area contributed by atoms with Crippen LogP contribution in [0.3, 0.4) is 0 Å². The van der Waals surface area contributed by atoms with Gasteiger partial charge in [-0.15, -0.1) is 0 Å². The summed E-state index contributed by atoms with van der Waals surface area (Å²) in [6.45, 7) is 1.76. The van der Waals surface area contributed by atoms with Crippen molar-refractivity contribution in [1.29, 1.82) is 5.26 Å². The number of nitrogens with zero attached hydrogens (tertiary/aromatic N) is 3. The van der Waals surface area contributed by atoms with Gasteiger partial charge >= 0.3 is 0 Å². The first kappa shape index (κ1) is 11.3. The maximum absolute atomic E-state index is 11.6. The third kappa shape index (κ3) is 3.14. The standard InChI is InChI=1S/C11H13N5O/c1-7(11(17)16-8-2-3-8)15-10-6-13-9(4-12)5-14-10/h5-8H,2-3H2,1H3,(H,14,15)(H,16,17). The van der Waals surface area contributed by atoms with Crippen molar-refractivity contribution in [2.45, 2.75) is 31.8 Å². The number of amides is 1. The van der Waals surface area contributed by atoms with Gasteiger partial charge in [0.15, 0.2) is 5.69 Å². The maximum atomic E-state index is 11.6. The Kier molecular flexibility index (Phi) is 3.19. The smallest absolute Gasteiger partial charge is 0.242 e. The summed E-state index contributed by atoms with van der Waals surface area (Å²) in [6.07, 6.45) is 4.94. The van der Waals surface area contributed by atoms with E-state index in [1.54, 1.807) is 6.92 Å². The Labute approximate surface area is 99.1 Å². The zero-order chi connectivity index (χ0) is 12.3. The van der Waals surface area contributed by atoms with E-state index >= 15 is 0 Å². The molecular weight excluding hydrogens is 218 g/mol. The van der Waals surface area contributed by atoms with Crippen molar-refractivity contribution in [2.24, 2.45) is 0 Å². The summed E-state index contributed by atoms with van der Waals surface area (Å²) in [7, 11) is 0. The molecule has 0 bridgehead atoms. The van der Waals surface area contributed by atoms with Crippen LogP contribution in [-0.2, 0) is 4.79 Å². The molecule has 0 spiro atoms. The molecule has 1 unspecified atom stereocenters. The normalized spacial score (nSPS) is 15.8. The molecule has 6 heteroatoms. The number of carbonyl (C=O) groups excluding carboxylic acids is 1. The molecule has 17 heavy (non-hydrogen) atoms. The zero-order valence-corrected chi connectivity index (χ0v) is 9.47. The van der Waals surface area contributed by atoms with Gasteiger partial charge in [0.25, 0.3) is 0 Å². The Morgan fingerprint density at radius 1 is 1.53 bits per heavy atom. The minimum Gasteiger partial charge on any atom is -0.357 e. The molecule has 1 fully saturated rings. The van der Waals surface area contributed by atoms with E-state index in [1.807, 2.05) is 6.07 Å². The van der Waals surface area contributed by atoms with Crippen LogP contribution >= 0.6 is 0 Å². The van der Waals surface area contributed by atoms with Crippen molar-refractivity contribution in [3.63, 3.8) is 0 Å². The highest BCUT2D eigenvalue weighted by Gasteiger charge is 2.25. The molecule has 0 saturated heterocycles. The van der Waals surface area contributed by atoms with E-state index in [2.05, 4.69) is 20.6 Å². The molecule has 1 saturated carbocycles. The third-order valence-corrected chi connectivity index (χ3v) is 2.45. The quantitative estimate of drug-likeness (QED) is 0.784. The van der Waals surface area contributed by atoms with Crippen molar-refractivity contribution in [2.75, 3.05) is 5.32 Å². The van der Waals surface area contributed by atoms with Gasteiger partial charge < -0.3 is 10.6 Å². The molecule has 1 aromatic rings. The van der Waals surface area contributed by atoms with Crippen LogP contribution in [0.5, 0.6) is 0 Å². The van der Waals surface area contributed by atoms with Crippen LogP contribution in [0.2, 0.25) is 0 Å². The molecule has 6 nitrogen and oxygen atoms in total. The molecule has 0 aliphatic heterocycles. The molecule has 1 aromatic heterocycles. The molecule has 2 N–H and O–H groups in total. The van der Waals surface area contributed by atoms with E-state index in [4.69, 9.17) is 5.26 Å². The molecule has 1 aliphatic carbocycles. The summed E-state index contributed by atoms with van der Waals surface area (Å²) in [6, 6.07) is 1.87. The van der Waals surface area contributed by atoms with E-state index < -0.39 is 0 Å². The van der Waals surface area contributed by atoms with E-state index in [0.717, 1.165) is 12.8 Å². The van der Waals surface area contributed by atoms with Crippen LogP contribution in [0.1, 0.15) is 25.5 Å². The van der Waals surface area contributed by atoms with Gasteiger partial charge in [-0.2, -0.15) is 5.26 Å². The molecule has 1 amide bonds. The molecular formula is C11H13N5O. The Morgan fingerprint density at radius 3 is 2.82 bits per heavy atom. The van der Waals surface area contributed by atoms with Crippen molar-refractivity contribution < 1.29 is 4.79 Å². The first-order valence-electron chi connectivity index (χ1n) is 5.48. The highest BCUT2D eigenvalue weighted by molar-refractivity contribution is 5.84. The fourth-order valence-electron chi connectivity index (χ4n) is 1.30. The van der Waals surface area contributed by atoms with Crippen molar-refractivity contribution in [3.8, 4) is 6.07 Å². The predicted molar refractivity (Wildman–Crippen MR) is 61.0 cm³/mol. The third-order valence-electron chi connectivity index (χ3n) is 2.45. The molecule has 1 aliphatic rings. The van der Waals surface area contributed by atoms with Crippen LogP contribution in [0.4, 0.5) is 5.82 Å². The fraction of sp³-hybridized carbons (Fsp3) is 0.455. The average Bonchev–Trinajstić information content (AvgIpc) is 3.14. The van der Waals surface area contributed by atoms with Gasteiger partial charge in [0.2, 0.25) is 5.91 Å². The minimum atomic E-state index is -0.363. The van der Waals surface area contributed by atoms with Crippen molar-refractivity contribution >= 4 is 11.7 Å². The topological polar surface area (TPSA) is 90.7 Å². The summed E-state index contributed by atoms with van der Waals surface area (Å²) in [5, 5.41) is 14.4. The lowest BCUT2D eigenvalue weighted by atomic mass is 10.3. The van der Waals surface area contributed by atoms with Gasteiger partial charge in [-0.25, -0.2) is 9.97 Å². The lowest BCUT2D eigenvalue weighted by Gasteiger charge is -2.13. The number of hydrogen-bond acceptors (Lipinski definition) is 5. The second kappa shape index (κ2) is 4.78. The van der Waals surface area contributed by atoms with Gasteiger partial charge in [0.05, 0.1) is 12.4 Å². The van der Waals surface area contributed by atoms with E-state index in [9.17, 15) is 4.79 Å². The Balaban J connectivity index is 1.90. The second-order valence-electron chi connectivity index (χ2n) is 4.05. The lowest BCUT2D eigenvalue weighted by molar-refractivity contribution is -0.121. The molecule has 2 rings (SSSR count). The molecule has 0 aromatic carbocycles. The number of rotatable bonds is 4. The largest absolute Gasteiger partial charge is 0.357 e. The zero-order valence-electron chi connectivity index (χ0n) is 9.47. The first-order chi connectivity index (χ1) is 8.19. The van der Waals surface area contributed by atoms with Crippen LogP contribution < -0.4 is 10.6 Å². The number of nitrogens with one attached hydrogen (secondary N) is 2. The number of carbonyl (C=O) groups is 1. The monoisotopic (exact) mass is 231 g/mol. The summed E-state index contributed by atoms with van der Waals surface area (Å²) in [5.74, 6) is 0.445. The van der Waals surface area contributed by atoms with Gasteiger partial charge in [0.1, 0.15) is 17.9 Å². The number of aromatic nitrogens is 2. The van der Waals surface area contributed by atoms with Gasteiger partial charge in [0, 0.05) is 6.04 Å². The summed E-state index contributed by atoms with van der Waals surface area (Å²) in [5.41, 5.74) is 0.255. The second-order valence-corrected chi connectivity index (χ2v) is 4.05. The number of nitriles is 1. The average molecular weight is 231 g/mol. The Bertz CT molecular complexity index is 446. The van der Waals surface area contributed by atoms with Crippen molar-refractivity contribution in [1.82, 2.24) is 15.3 Å². The van der Waals surface area contributed by atoms with Crippen LogP contribution in [0, 0.1) is 11.3 Å². The Morgan fingerprint density at radius 2 is 2.29 bits per heavy atom. The highest BCUT2D eigenvalue weighted by atomic mass is 16.2. The van der Waals surface area contributed by atoms with Gasteiger partial charge in [-0.05, 0) is 19.8 Å². The van der Waals surface area contributed by atoms with Gasteiger partial charge in [-0.3, -0.25) is 4.79 Å². The van der Waals surface area contributed by atoms with Crippen molar-refractivity contribution in [3.05, 3.63) is 18.1 Å². The lowest BCUT2D eigenvalue weighted by Crippen LogP contribution is -2.38. The highest BCUT2D eigenvalue weighted by Crippen LogP contribution is 2.18. The first-order valence-corrected chi connectivity index (χ1v) is 5.48. The molecule has 1 atom stereocenters. The number of anilines is 1. The van der Waals surface area contributed by atoms with E-state index in [-0.39, 0.29) is 17.6 Å². The van der Waals surface area contributed by atoms with Crippen LogP contribution in [0.15, 0.2) is 12.4 Å². The van der Waals surface area contributed by atoms with E-state index in [0.29, 0.717) is 11.9 Å². The Hall–Kier alpha value is -2.16. The summed E-state index contributed by atoms with van der Waals surface area (Å²) >= 11 is 0. The number of hydrogen-bond donors (Lipinski definition) is 2. The molecule has 1 heterocycles. The predicted octanol–water partition coefficient (Wildman–Crippen LogP) is 0.427. The molecule has 0 radical (unpaired) electrons. The van der Waals surface area contributed by atoms with Crippen LogP contribution in [-0.4, -0.2) is 28.0 Å². The van der Waals surface area contributed by atoms with Gasteiger partial charge in [-0.1, -0.05) is 0 Å². The fourth-order valence-corrected chi connectivity index (χ4v) is 1.30. The SMILES string of the molecule is CC(Nc1cnc(C#N)cn1)C(=O)NC1CC1. The maximum Gasteiger partial charge on any atom is 0.242 e. The van der Waals surface area contributed by atoms with E-state index in [1.165, 1.54) is 12.4 Å². The summed E-state index contributed by atoms with van der Waals surface area (Å²) in [4.78, 5) is 19.5. The minimum absolute atomic E-state index is 0.0429. The molecule has 88 valence electrons. The van der Waals surface area contributed by atoms with Crippen LogP contribution in [0.25, 0.3) is 0 Å².